The first kappa shape index (κ1) is 17.9. The first-order valence-corrected chi connectivity index (χ1v) is 7.78. The molecule has 0 aliphatic rings. The number of hydrogen-bond acceptors (Lipinski definition) is 6. The number of nitrogens with one attached hydrogen (secondary N) is 1. The average Bonchev–Trinajstić information content (AvgIpc) is 2.86. The van der Waals surface area contributed by atoms with Crippen LogP contribution in [0.4, 0.5) is 5.82 Å². The number of aromatic nitrogens is 2. The summed E-state index contributed by atoms with van der Waals surface area (Å²) in [5, 5.41) is 6.84. The molecule has 2 aromatic heterocycles. The van der Waals surface area contributed by atoms with Gasteiger partial charge in [-0.25, -0.2) is 4.98 Å². The number of halogens is 1. The summed E-state index contributed by atoms with van der Waals surface area (Å²) in [4.78, 5) is 27.8. The molecule has 1 atom stereocenters. The van der Waals surface area contributed by atoms with Crippen molar-refractivity contribution in [3.8, 4) is 0 Å². The van der Waals surface area contributed by atoms with Gasteiger partial charge in [0, 0.05) is 18.2 Å². The van der Waals surface area contributed by atoms with Crippen LogP contribution in [0, 0.1) is 13.8 Å². The summed E-state index contributed by atoms with van der Waals surface area (Å²) in [5.41, 5.74) is 1.63. The molecule has 2 rings (SSSR count). The summed E-state index contributed by atoms with van der Waals surface area (Å²) in [5.74, 6) is 0.0835. The summed E-state index contributed by atoms with van der Waals surface area (Å²) >= 11 is 5.72. The third kappa shape index (κ3) is 4.79. The third-order valence-corrected chi connectivity index (χ3v) is 3.64. The van der Waals surface area contributed by atoms with Crippen LogP contribution in [0.1, 0.15) is 30.4 Å². The Bertz CT molecular complexity index is 708. The predicted molar refractivity (Wildman–Crippen MR) is 87.7 cm³/mol. The molecule has 128 valence electrons. The third-order valence-electron chi connectivity index (χ3n) is 3.42. The Balaban J connectivity index is 1.82. The summed E-state index contributed by atoms with van der Waals surface area (Å²) in [6.45, 7) is 5.10. The van der Waals surface area contributed by atoms with Crippen LogP contribution in [0.5, 0.6) is 0 Å². The molecule has 2 aromatic rings. The Morgan fingerprint density at radius 1 is 1.38 bits per heavy atom. The van der Waals surface area contributed by atoms with Crippen molar-refractivity contribution in [2.45, 2.75) is 39.7 Å². The maximum absolute atomic E-state index is 12.0. The van der Waals surface area contributed by atoms with Gasteiger partial charge in [0.1, 0.15) is 11.6 Å². The number of nitrogens with zero attached hydrogens (tertiary/aromatic N) is 2. The number of aryl methyl sites for hydroxylation is 2. The van der Waals surface area contributed by atoms with Crippen molar-refractivity contribution < 1.29 is 18.8 Å². The van der Waals surface area contributed by atoms with Gasteiger partial charge in [-0.15, -0.1) is 0 Å². The molecule has 1 amide bonds. The summed E-state index contributed by atoms with van der Waals surface area (Å²) in [6, 6.07) is 3.16. The highest BCUT2D eigenvalue weighted by Gasteiger charge is 2.19. The summed E-state index contributed by atoms with van der Waals surface area (Å²) in [7, 11) is 0. The van der Waals surface area contributed by atoms with E-state index in [0.29, 0.717) is 23.0 Å². The van der Waals surface area contributed by atoms with E-state index in [9.17, 15) is 9.59 Å². The van der Waals surface area contributed by atoms with E-state index in [4.69, 9.17) is 20.9 Å². The predicted octanol–water partition coefficient (Wildman–Crippen LogP) is 2.84. The van der Waals surface area contributed by atoms with Crippen LogP contribution in [0.15, 0.2) is 22.9 Å². The lowest BCUT2D eigenvalue weighted by atomic mass is 10.1. The molecule has 0 aliphatic carbocycles. The lowest BCUT2D eigenvalue weighted by Gasteiger charge is -2.13. The van der Waals surface area contributed by atoms with Crippen LogP contribution in [-0.2, 0) is 20.7 Å². The molecule has 0 aromatic carbocycles. The molecule has 0 saturated carbocycles. The van der Waals surface area contributed by atoms with E-state index >= 15 is 0 Å². The fourth-order valence-corrected chi connectivity index (χ4v) is 2.18. The van der Waals surface area contributed by atoms with Gasteiger partial charge in [-0.05, 0) is 39.3 Å². The molecular weight excluding hydrogens is 334 g/mol. The lowest BCUT2D eigenvalue weighted by Crippen LogP contribution is -2.30. The Morgan fingerprint density at radius 2 is 2.12 bits per heavy atom. The van der Waals surface area contributed by atoms with Crippen molar-refractivity contribution in [3.63, 3.8) is 0 Å². The second-order valence-corrected chi connectivity index (χ2v) is 5.72. The van der Waals surface area contributed by atoms with Crippen LogP contribution in [0.25, 0.3) is 0 Å². The number of ether oxygens (including phenoxy) is 1. The number of hydrogen-bond donors (Lipinski definition) is 1. The monoisotopic (exact) mass is 351 g/mol. The Morgan fingerprint density at radius 3 is 2.71 bits per heavy atom. The molecule has 24 heavy (non-hydrogen) atoms. The van der Waals surface area contributed by atoms with Crippen molar-refractivity contribution in [3.05, 3.63) is 40.4 Å². The van der Waals surface area contributed by atoms with E-state index in [2.05, 4.69) is 15.5 Å². The fourth-order valence-electron chi connectivity index (χ4n) is 2.07. The smallest absolute Gasteiger partial charge is 0.306 e. The number of pyridine rings is 1. The van der Waals surface area contributed by atoms with E-state index in [1.165, 1.54) is 13.1 Å². The maximum Gasteiger partial charge on any atom is 0.306 e. The molecule has 0 saturated heterocycles. The SMILES string of the molecule is Cc1noc(C)c1CCC(=O)O[C@@H](C)C(=O)Nc1ccc(Cl)cn1. The van der Waals surface area contributed by atoms with Crippen LogP contribution in [0.2, 0.25) is 5.02 Å². The zero-order valence-corrected chi connectivity index (χ0v) is 14.4. The van der Waals surface area contributed by atoms with Crippen molar-refractivity contribution in [2.24, 2.45) is 0 Å². The van der Waals surface area contributed by atoms with Gasteiger partial charge in [-0.2, -0.15) is 0 Å². The molecule has 8 heteroatoms. The number of carbonyl (C=O) groups is 2. The molecule has 0 bridgehead atoms. The van der Waals surface area contributed by atoms with E-state index in [-0.39, 0.29) is 6.42 Å². The highest BCUT2D eigenvalue weighted by atomic mass is 35.5. The van der Waals surface area contributed by atoms with E-state index in [0.717, 1.165) is 11.3 Å². The van der Waals surface area contributed by atoms with E-state index in [1.807, 2.05) is 6.92 Å². The topological polar surface area (TPSA) is 94.3 Å². The maximum atomic E-state index is 12.0. The van der Waals surface area contributed by atoms with Gasteiger partial charge in [0.25, 0.3) is 5.91 Å². The van der Waals surface area contributed by atoms with Crippen LogP contribution >= 0.6 is 11.6 Å². The van der Waals surface area contributed by atoms with Gasteiger partial charge in [0.2, 0.25) is 0 Å². The summed E-state index contributed by atoms with van der Waals surface area (Å²) < 4.78 is 10.2. The number of rotatable bonds is 6. The summed E-state index contributed by atoms with van der Waals surface area (Å²) in [6.07, 6.45) is 1.07. The van der Waals surface area contributed by atoms with Crippen LogP contribution < -0.4 is 5.32 Å². The van der Waals surface area contributed by atoms with Gasteiger partial charge in [-0.3, -0.25) is 9.59 Å². The molecule has 1 N–H and O–H groups in total. The molecule has 0 spiro atoms. The first-order chi connectivity index (χ1) is 11.4. The number of esters is 1. The minimum absolute atomic E-state index is 0.139. The van der Waals surface area contributed by atoms with Crippen molar-refractivity contribution in [1.82, 2.24) is 10.1 Å². The molecule has 2 heterocycles. The molecule has 7 nitrogen and oxygen atoms in total. The highest BCUT2D eigenvalue weighted by Crippen LogP contribution is 2.15. The number of amides is 1. The fraction of sp³-hybridized carbons (Fsp3) is 0.375. The van der Waals surface area contributed by atoms with Gasteiger partial charge in [0.05, 0.1) is 10.7 Å². The zero-order valence-electron chi connectivity index (χ0n) is 13.6. The van der Waals surface area contributed by atoms with E-state index < -0.39 is 18.0 Å². The zero-order chi connectivity index (χ0) is 17.7. The van der Waals surface area contributed by atoms with Crippen LogP contribution in [0.3, 0.4) is 0 Å². The molecule has 0 radical (unpaired) electrons. The minimum Gasteiger partial charge on any atom is -0.453 e. The van der Waals surface area contributed by atoms with Gasteiger partial charge < -0.3 is 14.6 Å². The Labute approximate surface area is 144 Å². The largest absolute Gasteiger partial charge is 0.453 e. The lowest BCUT2D eigenvalue weighted by molar-refractivity contribution is -0.153. The van der Waals surface area contributed by atoms with Gasteiger partial charge >= 0.3 is 5.97 Å². The second-order valence-electron chi connectivity index (χ2n) is 5.29. The standard InChI is InChI=1S/C16H18ClN3O4/c1-9-13(10(2)24-20-9)5-7-15(21)23-11(3)16(22)19-14-6-4-12(17)8-18-14/h4,6,8,11H,5,7H2,1-3H3,(H,18,19,22)/t11-/m0/s1. The first-order valence-electron chi connectivity index (χ1n) is 7.40. The van der Waals surface area contributed by atoms with E-state index in [1.54, 1.807) is 19.1 Å². The van der Waals surface area contributed by atoms with Crippen LogP contribution in [-0.4, -0.2) is 28.1 Å². The Hall–Kier alpha value is -2.41. The highest BCUT2D eigenvalue weighted by molar-refractivity contribution is 6.30. The minimum atomic E-state index is -0.931. The van der Waals surface area contributed by atoms with Crippen molar-refractivity contribution >= 4 is 29.3 Å². The number of anilines is 1. The molecule has 0 fully saturated rings. The Kier molecular flexibility index (Phi) is 5.92. The average molecular weight is 352 g/mol. The van der Waals surface area contributed by atoms with Gasteiger partial charge in [0.15, 0.2) is 6.10 Å². The van der Waals surface area contributed by atoms with Gasteiger partial charge in [-0.1, -0.05) is 16.8 Å². The second kappa shape index (κ2) is 7.92. The molecular formula is C16H18ClN3O4. The van der Waals surface area contributed by atoms with Crippen molar-refractivity contribution in [1.29, 1.82) is 0 Å². The quantitative estimate of drug-likeness (QED) is 0.804. The number of carbonyl (C=O) groups excluding carboxylic acids is 2. The molecule has 0 aliphatic heterocycles. The normalized spacial score (nSPS) is 11.8. The molecule has 0 unspecified atom stereocenters. The van der Waals surface area contributed by atoms with Crippen molar-refractivity contribution in [2.75, 3.05) is 5.32 Å².